The first kappa shape index (κ1) is 18.9. The predicted molar refractivity (Wildman–Crippen MR) is 97.5 cm³/mol. The molecule has 1 aliphatic heterocycles. The molecule has 0 nitrogen and oxygen atoms in total. The summed E-state index contributed by atoms with van der Waals surface area (Å²) in [6.45, 7) is 16.3. The lowest BCUT2D eigenvalue weighted by Crippen LogP contribution is -2.14. The van der Waals surface area contributed by atoms with Crippen molar-refractivity contribution >= 4 is 13.9 Å². The molecule has 2 atom stereocenters. The van der Waals surface area contributed by atoms with E-state index in [1.54, 1.807) is 0 Å². The van der Waals surface area contributed by atoms with E-state index in [2.05, 4.69) is 56.8 Å². The summed E-state index contributed by atoms with van der Waals surface area (Å²) in [5.74, 6) is 0.473. The zero-order valence-electron chi connectivity index (χ0n) is 13.8. The van der Waals surface area contributed by atoms with Crippen LogP contribution in [0.5, 0.6) is 0 Å². The minimum Gasteiger partial charge on any atom is -0.0987 e. The van der Waals surface area contributed by atoms with Crippen LogP contribution in [-0.2, 0) is 0 Å². The van der Waals surface area contributed by atoms with Crippen LogP contribution in [0.1, 0.15) is 53.0 Å². The van der Waals surface area contributed by atoms with E-state index in [9.17, 15) is 0 Å². The van der Waals surface area contributed by atoms with Gasteiger partial charge in [-0.25, -0.2) is 0 Å². The molecule has 1 aromatic carbocycles. The van der Waals surface area contributed by atoms with Crippen molar-refractivity contribution in [2.75, 3.05) is 0 Å². The first-order valence-corrected chi connectivity index (χ1v) is 8.63. The number of hydrogen-bond acceptors (Lipinski definition) is 0. The van der Waals surface area contributed by atoms with Crippen molar-refractivity contribution in [3.63, 3.8) is 0 Å². The molecule has 0 fully saturated rings. The Kier molecular flexibility index (Phi) is 10.0. The summed E-state index contributed by atoms with van der Waals surface area (Å²) in [6.07, 6.45) is 6.36. The monoisotopic (exact) mass is 288 g/mol. The summed E-state index contributed by atoms with van der Waals surface area (Å²) in [5.41, 5.74) is 2.85. The number of rotatable bonds is 2. The molecule has 2 unspecified atom stereocenters. The smallest absolute Gasteiger partial charge is 0.00734 e. The summed E-state index contributed by atoms with van der Waals surface area (Å²) in [7, 11) is 0.765. The van der Waals surface area contributed by atoms with Crippen LogP contribution in [0.25, 0.3) is 0 Å². The normalized spacial score (nSPS) is 17.8. The Labute approximate surface area is 127 Å². The Morgan fingerprint density at radius 2 is 1.70 bits per heavy atom. The van der Waals surface area contributed by atoms with Gasteiger partial charge in [0.2, 0.25) is 0 Å². The minimum atomic E-state index is 0.473. The van der Waals surface area contributed by atoms with Crippen molar-refractivity contribution < 1.29 is 0 Å². The SMILES string of the molecule is C=CC1=C(/C=C\C)Pc2ccccc2C1C.CC.CC. The fraction of sp³-hybridized carbons (Fsp3) is 0.368. The first-order chi connectivity index (χ1) is 9.77. The molecule has 1 heteroatoms. The third-order valence-electron chi connectivity index (χ3n) is 3.03. The average Bonchev–Trinajstić information content (AvgIpc) is 2.52. The molecule has 0 saturated carbocycles. The highest BCUT2D eigenvalue weighted by molar-refractivity contribution is 7.52. The lowest BCUT2D eigenvalue weighted by atomic mass is 9.92. The van der Waals surface area contributed by atoms with Gasteiger partial charge in [0, 0.05) is 5.92 Å². The van der Waals surface area contributed by atoms with Crippen LogP contribution in [0.4, 0.5) is 0 Å². The van der Waals surface area contributed by atoms with Gasteiger partial charge in [0.1, 0.15) is 0 Å². The van der Waals surface area contributed by atoms with Gasteiger partial charge in [-0.05, 0) is 28.7 Å². The maximum Gasteiger partial charge on any atom is 0.00734 e. The molecule has 0 amide bonds. The Morgan fingerprint density at radius 3 is 2.25 bits per heavy atom. The molecule has 0 N–H and O–H groups in total. The zero-order valence-corrected chi connectivity index (χ0v) is 14.8. The molecule has 1 aliphatic rings. The zero-order chi connectivity index (χ0) is 15.5. The Hall–Kier alpha value is -1.13. The van der Waals surface area contributed by atoms with E-state index in [0.717, 1.165) is 8.58 Å². The summed E-state index contributed by atoms with van der Waals surface area (Å²) >= 11 is 0. The largest absolute Gasteiger partial charge is 0.0987 e. The molecule has 110 valence electrons. The van der Waals surface area contributed by atoms with E-state index in [4.69, 9.17) is 0 Å². The van der Waals surface area contributed by atoms with Crippen LogP contribution >= 0.6 is 8.58 Å². The van der Waals surface area contributed by atoms with E-state index < -0.39 is 0 Å². The van der Waals surface area contributed by atoms with Crippen molar-refractivity contribution in [2.45, 2.75) is 47.5 Å². The van der Waals surface area contributed by atoms with Gasteiger partial charge in [-0.3, -0.25) is 0 Å². The highest BCUT2D eigenvalue weighted by Crippen LogP contribution is 2.41. The molecule has 0 aromatic heterocycles. The van der Waals surface area contributed by atoms with Crippen molar-refractivity contribution in [2.24, 2.45) is 0 Å². The predicted octanol–water partition coefficient (Wildman–Crippen LogP) is 6.18. The topological polar surface area (TPSA) is 0 Å². The van der Waals surface area contributed by atoms with E-state index in [1.807, 2.05) is 33.8 Å². The Bertz CT molecular complexity index is 466. The van der Waals surface area contributed by atoms with Gasteiger partial charge >= 0.3 is 0 Å². The van der Waals surface area contributed by atoms with E-state index in [1.165, 1.54) is 21.8 Å². The second kappa shape index (κ2) is 10.6. The van der Waals surface area contributed by atoms with Gasteiger partial charge in [0.15, 0.2) is 0 Å². The van der Waals surface area contributed by atoms with Crippen molar-refractivity contribution in [1.29, 1.82) is 0 Å². The van der Waals surface area contributed by atoms with Crippen LogP contribution in [-0.4, -0.2) is 0 Å². The van der Waals surface area contributed by atoms with Crippen molar-refractivity contribution in [1.82, 2.24) is 0 Å². The van der Waals surface area contributed by atoms with E-state index in [-0.39, 0.29) is 0 Å². The molecular formula is C19H29P. The maximum absolute atomic E-state index is 3.95. The quantitative estimate of drug-likeness (QED) is 0.570. The standard InChI is InChI=1S/C15H17P.2C2H6/c1-4-8-14-12(5-2)11(3)13-9-6-7-10-15(13)16-14;2*1-2/h4-11,16H,2H2,1,3H3;2*1-2H3/b8-4-;;. The highest BCUT2D eigenvalue weighted by Gasteiger charge is 2.20. The second-order valence-electron chi connectivity index (χ2n) is 4.01. The van der Waals surface area contributed by atoms with E-state index >= 15 is 0 Å². The van der Waals surface area contributed by atoms with Crippen LogP contribution in [0, 0.1) is 0 Å². The Morgan fingerprint density at radius 1 is 1.10 bits per heavy atom. The van der Waals surface area contributed by atoms with Crippen LogP contribution < -0.4 is 5.30 Å². The van der Waals surface area contributed by atoms with Gasteiger partial charge in [-0.1, -0.05) is 92.3 Å². The van der Waals surface area contributed by atoms with Gasteiger partial charge in [-0.2, -0.15) is 0 Å². The van der Waals surface area contributed by atoms with Gasteiger partial charge in [-0.15, -0.1) is 0 Å². The molecule has 0 radical (unpaired) electrons. The third-order valence-corrected chi connectivity index (χ3v) is 4.48. The molecule has 20 heavy (non-hydrogen) atoms. The van der Waals surface area contributed by atoms with Gasteiger partial charge in [0.25, 0.3) is 0 Å². The fourth-order valence-corrected chi connectivity index (χ4v) is 3.82. The molecule has 2 rings (SSSR count). The van der Waals surface area contributed by atoms with Crippen LogP contribution in [0.15, 0.2) is 60.0 Å². The Balaban J connectivity index is 0.000000829. The molecule has 1 aromatic rings. The molecule has 0 spiro atoms. The molecular weight excluding hydrogens is 259 g/mol. The summed E-state index contributed by atoms with van der Waals surface area (Å²) < 4.78 is 0. The van der Waals surface area contributed by atoms with Crippen LogP contribution in [0.2, 0.25) is 0 Å². The second-order valence-corrected chi connectivity index (χ2v) is 5.33. The molecule has 1 heterocycles. The van der Waals surface area contributed by atoms with Gasteiger partial charge < -0.3 is 0 Å². The fourth-order valence-electron chi connectivity index (χ4n) is 2.20. The van der Waals surface area contributed by atoms with Gasteiger partial charge in [0.05, 0.1) is 0 Å². The molecule has 0 aliphatic carbocycles. The number of allylic oxidation sites excluding steroid dienone is 5. The number of hydrogen-bond donors (Lipinski definition) is 0. The lowest BCUT2D eigenvalue weighted by molar-refractivity contribution is 0.923. The summed E-state index contributed by atoms with van der Waals surface area (Å²) in [4.78, 5) is 0. The summed E-state index contributed by atoms with van der Waals surface area (Å²) in [5, 5.41) is 2.91. The lowest BCUT2D eigenvalue weighted by Gasteiger charge is -2.25. The maximum atomic E-state index is 3.95. The minimum absolute atomic E-state index is 0.473. The number of benzene rings is 1. The molecule has 0 saturated heterocycles. The number of fused-ring (bicyclic) bond motifs is 1. The third kappa shape index (κ3) is 4.46. The van der Waals surface area contributed by atoms with E-state index in [0.29, 0.717) is 5.92 Å². The van der Waals surface area contributed by atoms with Crippen molar-refractivity contribution in [3.8, 4) is 0 Å². The average molecular weight is 288 g/mol. The van der Waals surface area contributed by atoms with Crippen LogP contribution in [0.3, 0.4) is 0 Å². The first-order valence-electron chi connectivity index (χ1n) is 7.63. The highest BCUT2D eigenvalue weighted by atomic mass is 31.1. The molecule has 0 bridgehead atoms. The summed E-state index contributed by atoms with van der Waals surface area (Å²) in [6, 6.07) is 8.74. The van der Waals surface area contributed by atoms with Crippen molar-refractivity contribution in [3.05, 3.63) is 65.5 Å².